The first-order chi connectivity index (χ1) is 11.0. The summed E-state index contributed by atoms with van der Waals surface area (Å²) in [4.78, 5) is 11.0. The Morgan fingerprint density at radius 2 is 1.17 bits per heavy atom. The van der Waals surface area contributed by atoms with Crippen LogP contribution in [0.2, 0.25) is 0 Å². The van der Waals surface area contributed by atoms with E-state index in [2.05, 4.69) is 15.0 Å². The Hall–Kier alpha value is -2.84. The lowest BCUT2D eigenvalue weighted by atomic mass is 10.4. The van der Waals surface area contributed by atoms with E-state index >= 15 is 0 Å². The molecule has 0 saturated carbocycles. The molecule has 3 rings (SSSR count). The van der Waals surface area contributed by atoms with Crippen LogP contribution in [0.15, 0.2) is 84.5 Å². The summed E-state index contributed by atoms with van der Waals surface area (Å²) in [5.74, 6) is 0. The molecule has 3 N–H and O–H groups in total. The number of aromatic nitrogens is 3. The Balaban J connectivity index is 0.000000179. The summed E-state index contributed by atoms with van der Waals surface area (Å²) in [6, 6.07) is 11.7. The van der Waals surface area contributed by atoms with Gasteiger partial charge in [-0.25, -0.2) is 0 Å². The zero-order valence-corrected chi connectivity index (χ0v) is 12.9. The van der Waals surface area contributed by atoms with Crippen LogP contribution in [0.3, 0.4) is 0 Å². The van der Waals surface area contributed by atoms with Gasteiger partial charge in [0, 0.05) is 42.9 Å². The molecule has 23 heavy (non-hydrogen) atoms. The van der Waals surface area contributed by atoms with Crippen LogP contribution in [0, 0.1) is 0 Å². The molecular weight excluding hydrogens is 316 g/mol. The van der Waals surface area contributed by atoms with Gasteiger partial charge in [-0.05, 0) is 36.4 Å². The number of anilines is 1. The van der Waals surface area contributed by atoms with Crippen molar-refractivity contribution in [3.05, 3.63) is 79.6 Å². The molecule has 0 aliphatic rings. The Morgan fingerprint density at radius 3 is 1.39 bits per heavy atom. The summed E-state index contributed by atoms with van der Waals surface area (Å²) in [6.07, 6.45) is 9.41. The maximum Gasteiger partial charge on any atom is 0.294 e. The van der Waals surface area contributed by atoms with Crippen molar-refractivity contribution in [2.45, 2.75) is 4.90 Å². The molecule has 0 atom stereocenters. The van der Waals surface area contributed by atoms with Gasteiger partial charge in [0.1, 0.15) is 0 Å². The van der Waals surface area contributed by atoms with Gasteiger partial charge in [-0.1, -0.05) is 6.07 Å². The highest BCUT2D eigenvalue weighted by Gasteiger charge is 2.06. The van der Waals surface area contributed by atoms with E-state index in [0.717, 1.165) is 5.69 Å². The number of pyridine rings is 3. The van der Waals surface area contributed by atoms with Gasteiger partial charge < -0.3 is 5.73 Å². The molecule has 0 bridgehead atoms. The lowest BCUT2D eigenvalue weighted by molar-refractivity contribution is 0.483. The molecule has 3 aromatic rings. The van der Waals surface area contributed by atoms with Crippen molar-refractivity contribution >= 4 is 15.8 Å². The lowest BCUT2D eigenvalue weighted by Crippen LogP contribution is -1.96. The number of rotatable bonds is 1. The van der Waals surface area contributed by atoms with Gasteiger partial charge in [0.05, 0.1) is 4.90 Å². The molecule has 0 aliphatic heterocycles. The third-order valence-electron chi connectivity index (χ3n) is 2.22. The fraction of sp³-hybridized carbons (Fsp3) is 0. The molecule has 0 fully saturated rings. The molecular formula is C15H16N4O3S. The Morgan fingerprint density at radius 1 is 0.739 bits per heavy atom. The van der Waals surface area contributed by atoms with Crippen molar-refractivity contribution in [3.63, 3.8) is 0 Å². The molecule has 0 aromatic carbocycles. The van der Waals surface area contributed by atoms with Gasteiger partial charge in [0.2, 0.25) is 0 Å². The van der Waals surface area contributed by atoms with Gasteiger partial charge in [0.25, 0.3) is 10.1 Å². The van der Waals surface area contributed by atoms with Crippen molar-refractivity contribution in [1.82, 2.24) is 15.0 Å². The fourth-order valence-electron chi connectivity index (χ4n) is 1.19. The van der Waals surface area contributed by atoms with Crippen molar-refractivity contribution in [1.29, 1.82) is 0 Å². The van der Waals surface area contributed by atoms with Gasteiger partial charge in [-0.15, -0.1) is 0 Å². The van der Waals surface area contributed by atoms with Crippen molar-refractivity contribution < 1.29 is 13.0 Å². The van der Waals surface area contributed by atoms with Crippen molar-refractivity contribution in [3.8, 4) is 0 Å². The van der Waals surface area contributed by atoms with Gasteiger partial charge in [-0.2, -0.15) is 8.42 Å². The monoisotopic (exact) mass is 332 g/mol. The van der Waals surface area contributed by atoms with Gasteiger partial charge in [0.15, 0.2) is 0 Å². The summed E-state index contributed by atoms with van der Waals surface area (Å²) >= 11 is 0. The smallest absolute Gasteiger partial charge is 0.294 e. The predicted molar refractivity (Wildman–Crippen MR) is 86.9 cm³/mol. The van der Waals surface area contributed by atoms with Crippen LogP contribution >= 0.6 is 0 Å². The lowest BCUT2D eigenvalue weighted by Gasteiger charge is -1.91. The quantitative estimate of drug-likeness (QED) is 0.655. The molecule has 7 nitrogen and oxygen atoms in total. The van der Waals surface area contributed by atoms with E-state index < -0.39 is 10.1 Å². The SMILES string of the molecule is Nc1ccncc1.O=S(=O)(O)c1ccncc1.c1ccncc1. The molecule has 120 valence electrons. The van der Waals surface area contributed by atoms with Gasteiger partial charge in [-0.3, -0.25) is 19.5 Å². The van der Waals surface area contributed by atoms with E-state index in [0.29, 0.717) is 0 Å². The molecule has 0 aliphatic carbocycles. The van der Waals surface area contributed by atoms with Crippen LogP contribution < -0.4 is 5.73 Å². The highest BCUT2D eigenvalue weighted by Crippen LogP contribution is 2.03. The maximum absolute atomic E-state index is 10.4. The second kappa shape index (κ2) is 9.98. The first-order valence-electron chi connectivity index (χ1n) is 6.38. The maximum atomic E-state index is 10.4. The molecule has 8 heteroatoms. The summed E-state index contributed by atoms with van der Waals surface area (Å²) in [5, 5.41) is 0. The first-order valence-corrected chi connectivity index (χ1v) is 7.82. The molecule has 0 saturated heterocycles. The Bertz CT molecular complexity index is 728. The van der Waals surface area contributed by atoms with Crippen molar-refractivity contribution in [2.75, 3.05) is 5.73 Å². The zero-order valence-electron chi connectivity index (χ0n) is 12.1. The molecule has 0 amide bonds. The Labute approximate surface area is 134 Å². The van der Waals surface area contributed by atoms with Crippen LogP contribution in [0.4, 0.5) is 5.69 Å². The van der Waals surface area contributed by atoms with E-state index in [1.165, 1.54) is 24.5 Å². The summed E-state index contributed by atoms with van der Waals surface area (Å²) in [5.41, 5.74) is 6.08. The minimum Gasteiger partial charge on any atom is -0.399 e. The zero-order chi connectivity index (χ0) is 17.0. The van der Waals surface area contributed by atoms with Crippen LogP contribution in [0.25, 0.3) is 0 Å². The molecule has 0 radical (unpaired) electrons. The number of nitrogen functional groups attached to an aromatic ring is 1. The van der Waals surface area contributed by atoms with E-state index in [9.17, 15) is 8.42 Å². The van der Waals surface area contributed by atoms with E-state index in [1.807, 2.05) is 18.2 Å². The molecule has 0 unspecified atom stereocenters. The summed E-state index contributed by atoms with van der Waals surface area (Å²) in [6.45, 7) is 0. The minimum absolute atomic E-state index is 0.137. The third-order valence-corrected chi connectivity index (χ3v) is 3.09. The van der Waals surface area contributed by atoms with Crippen LogP contribution in [0.1, 0.15) is 0 Å². The van der Waals surface area contributed by atoms with E-state index in [1.54, 1.807) is 36.9 Å². The summed E-state index contributed by atoms with van der Waals surface area (Å²) < 4.78 is 29.2. The predicted octanol–water partition coefficient (Wildman–Crippen LogP) is 2.07. The summed E-state index contributed by atoms with van der Waals surface area (Å²) in [7, 11) is -4.04. The number of nitrogens with two attached hydrogens (primary N) is 1. The topological polar surface area (TPSA) is 119 Å². The van der Waals surface area contributed by atoms with Crippen molar-refractivity contribution in [2.24, 2.45) is 0 Å². The number of hydrogen-bond donors (Lipinski definition) is 2. The largest absolute Gasteiger partial charge is 0.399 e. The number of nitrogens with zero attached hydrogens (tertiary/aromatic N) is 3. The normalized spacial score (nSPS) is 9.61. The molecule has 0 spiro atoms. The van der Waals surface area contributed by atoms with Gasteiger partial charge >= 0.3 is 0 Å². The van der Waals surface area contributed by atoms with Crippen LogP contribution in [0.5, 0.6) is 0 Å². The average Bonchev–Trinajstić information content (AvgIpc) is 2.58. The van der Waals surface area contributed by atoms with Crippen LogP contribution in [-0.2, 0) is 10.1 Å². The van der Waals surface area contributed by atoms with E-state index in [4.69, 9.17) is 10.3 Å². The van der Waals surface area contributed by atoms with E-state index in [-0.39, 0.29) is 4.90 Å². The van der Waals surface area contributed by atoms with Crippen LogP contribution in [-0.4, -0.2) is 27.9 Å². The number of hydrogen-bond acceptors (Lipinski definition) is 6. The standard InChI is InChI=1S/C5H6N2.C5H5NO3S.C5H5N/c6-5-1-3-7-4-2-5;7-10(8,9)5-1-3-6-4-2-5;1-2-4-6-5-3-1/h1-4H,(H2,6,7);1-4H,(H,7,8,9);1-5H. The highest BCUT2D eigenvalue weighted by atomic mass is 32.2. The molecule has 3 aromatic heterocycles. The molecule has 3 heterocycles. The Kier molecular flexibility index (Phi) is 7.90. The first kappa shape index (κ1) is 18.2. The second-order valence-electron chi connectivity index (χ2n) is 3.96. The third kappa shape index (κ3) is 8.91. The highest BCUT2D eigenvalue weighted by molar-refractivity contribution is 7.85. The fourth-order valence-corrected chi connectivity index (χ4v) is 1.65. The second-order valence-corrected chi connectivity index (χ2v) is 5.38. The minimum atomic E-state index is -4.04. The average molecular weight is 332 g/mol.